The van der Waals surface area contributed by atoms with Crippen LogP contribution in [-0.4, -0.2) is 20.5 Å². The Balaban J connectivity index is 2.15. The van der Waals surface area contributed by atoms with Crippen LogP contribution in [-0.2, 0) is 11.2 Å². The highest BCUT2D eigenvalue weighted by molar-refractivity contribution is 7.15. The van der Waals surface area contributed by atoms with Gasteiger partial charge in [-0.05, 0) is 19.1 Å². The van der Waals surface area contributed by atoms with Gasteiger partial charge in [0.05, 0.1) is 22.2 Å². The molecule has 0 aliphatic heterocycles. The quantitative estimate of drug-likeness (QED) is 0.773. The number of thiazole rings is 1. The first-order chi connectivity index (χ1) is 9.97. The van der Waals surface area contributed by atoms with Crippen LogP contribution in [0.4, 0.5) is 0 Å². The minimum Gasteiger partial charge on any atom is -0.481 e. The van der Waals surface area contributed by atoms with Crippen molar-refractivity contribution in [2.45, 2.75) is 13.3 Å². The van der Waals surface area contributed by atoms with Gasteiger partial charge in [-0.2, -0.15) is 0 Å². The number of benzene rings is 1. The lowest BCUT2D eigenvalue weighted by Crippen LogP contribution is -2.03. The van der Waals surface area contributed by atoms with E-state index in [1.165, 1.54) is 11.3 Å². The molecule has 0 atom stereocenters. The molecule has 0 bridgehead atoms. The van der Waals surface area contributed by atoms with Gasteiger partial charge in [-0.3, -0.25) is 9.20 Å². The van der Waals surface area contributed by atoms with Crippen LogP contribution in [0.3, 0.4) is 0 Å². The molecule has 2 heterocycles. The Labute approximate surface area is 134 Å². The summed E-state index contributed by atoms with van der Waals surface area (Å²) in [6.07, 6.45) is -0.0297. The molecule has 7 heteroatoms. The van der Waals surface area contributed by atoms with Crippen molar-refractivity contribution in [2.24, 2.45) is 0 Å². The van der Waals surface area contributed by atoms with E-state index in [9.17, 15) is 4.79 Å². The molecule has 21 heavy (non-hydrogen) atoms. The maximum absolute atomic E-state index is 10.9. The molecule has 0 fully saturated rings. The minimum atomic E-state index is -0.862. The third-order valence-electron chi connectivity index (χ3n) is 3.19. The number of rotatable bonds is 3. The van der Waals surface area contributed by atoms with Crippen molar-refractivity contribution in [2.75, 3.05) is 0 Å². The van der Waals surface area contributed by atoms with Crippen LogP contribution < -0.4 is 0 Å². The largest absolute Gasteiger partial charge is 0.481 e. The van der Waals surface area contributed by atoms with E-state index in [1.807, 2.05) is 22.8 Å². The van der Waals surface area contributed by atoms with Crippen molar-refractivity contribution in [3.05, 3.63) is 45.0 Å². The van der Waals surface area contributed by atoms with Crippen LogP contribution >= 0.6 is 34.5 Å². The highest BCUT2D eigenvalue weighted by atomic mass is 35.5. The Kier molecular flexibility index (Phi) is 3.65. The fourth-order valence-corrected chi connectivity index (χ4v) is 3.49. The number of hydrogen-bond donors (Lipinski definition) is 1. The van der Waals surface area contributed by atoms with Gasteiger partial charge in [-0.1, -0.05) is 29.3 Å². The number of nitrogens with zero attached hydrogens (tertiary/aromatic N) is 2. The van der Waals surface area contributed by atoms with Gasteiger partial charge < -0.3 is 5.11 Å². The zero-order valence-corrected chi connectivity index (χ0v) is 13.3. The molecular formula is C14H10Cl2N2O2S. The first kappa shape index (κ1) is 14.4. The summed E-state index contributed by atoms with van der Waals surface area (Å²) in [6.45, 7) is 1.91. The van der Waals surface area contributed by atoms with Gasteiger partial charge in [0.15, 0.2) is 4.96 Å². The zero-order chi connectivity index (χ0) is 15.1. The molecular weight excluding hydrogens is 331 g/mol. The molecule has 0 saturated carbocycles. The predicted molar refractivity (Wildman–Crippen MR) is 84.6 cm³/mol. The minimum absolute atomic E-state index is 0.0297. The van der Waals surface area contributed by atoms with Crippen molar-refractivity contribution < 1.29 is 9.90 Å². The molecule has 0 aliphatic rings. The average Bonchev–Trinajstić information content (AvgIpc) is 2.94. The highest BCUT2D eigenvalue weighted by Crippen LogP contribution is 2.32. The zero-order valence-electron chi connectivity index (χ0n) is 10.9. The SMILES string of the molecule is Cc1c(-c2ccc(Cl)c(Cl)c2)nc2scc(CC(=O)O)n12. The van der Waals surface area contributed by atoms with Crippen LogP contribution in [0.5, 0.6) is 0 Å². The number of hydrogen-bond acceptors (Lipinski definition) is 3. The lowest BCUT2D eigenvalue weighted by Gasteiger charge is -2.03. The summed E-state index contributed by atoms with van der Waals surface area (Å²) in [5.74, 6) is -0.862. The molecule has 3 aromatic rings. The topological polar surface area (TPSA) is 54.6 Å². The summed E-state index contributed by atoms with van der Waals surface area (Å²) in [7, 11) is 0. The van der Waals surface area contributed by atoms with Crippen molar-refractivity contribution >= 4 is 45.5 Å². The van der Waals surface area contributed by atoms with E-state index in [2.05, 4.69) is 4.98 Å². The average molecular weight is 341 g/mol. The summed E-state index contributed by atoms with van der Waals surface area (Å²) >= 11 is 13.4. The molecule has 1 N–H and O–H groups in total. The number of carbonyl (C=O) groups is 1. The van der Waals surface area contributed by atoms with E-state index in [-0.39, 0.29) is 6.42 Å². The normalized spacial score (nSPS) is 11.2. The van der Waals surface area contributed by atoms with Crippen LogP contribution in [0.15, 0.2) is 23.6 Å². The van der Waals surface area contributed by atoms with Gasteiger partial charge in [0.2, 0.25) is 0 Å². The number of imidazole rings is 1. The van der Waals surface area contributed by atoms with Gasteiger partial charge in [-0.15, -0.1) is 11.3 Å². The van der Waals surface area contributed by atoms with E-state index in [0.29, 0.717) is 10.0 Å². The van der Waals surface area contributed by atoms with Crippen LogP contribution in [0.1, 0.15) is 11.4 Å². The Morgan fingerprint density at radius 1 is 1.38 bits per heavy atom. The van der Waals surface area contributed by atoms with Gasteiger partial charge >= 0.3 is 5.97 Å². The lowest BCUT2D eigenvalue weighted by molar-refractivity contribution is -0.136. The van der Waals surface area contributed by atoms with Crippen LogP contribution in [0, 0.1) is 6.92 Å². The molecule has 0 aliphatic carbocycles. The second-order valence-electron chi connectivity index (χ2n) is 4.59. The summed E-state index contributed by atoms with van der Waals surface area (Å²) in [5.41, 5.74) is 3.26. The first-order valence-corrected chi connectivity index (χ1v) is 7.73. The third kappa shape index (κ3) is 2.52. The Bertz CT molecular complexity index is 854. The molecule has 0 spiro atoms. The van der Waals surface area contributed by atoms with Crippen molar-refractivity contribution in [1.82, 2.24) is 9.38 Å². The van der Waals surface area contributed by atoms with E-state index >= 15 is 0 Å². The molecule has 108 valence electrons. The second-order valence-corrected chi connectivity index (χ2v) is 6.24. The molecule has 0 radical (unpaired) electrons. The number of carboxylic acids is 1. The summed E-state index contributed by atoms with van der Waals surface area (Å²) in [6, 6.07) is 5.34. The Morgan fingerprint density at radius 3 is 2.81 bits per heavy atom. The molecule has 0 amide bonds. The number of aryl methyl sites for hydroxylation is 1. The summed E-state index contributed by atoms with van der Waals surface area (Å²) < 4.78 is 1.87. The highest BCUT2D eigenvalue weighted by Gasteiger charge is 2.16. The molecule has 2 aromatic heterocycles. The third-order valence-corrected chi connectivity index (χ3v) is 4.80. The second kappa shape index (κ2) is 5.33. The van der Waals surface area contributed by atoms with E-state index in [1.54, 1.807) is 12.1 Å². The first-order valence-electron chi connectivity index (χ1n) is 6.10. The summed E-state index contributed by atoms with van der Waals surface area (Å²) in [5, 5.41) is 11.7. The van der Waals surface area contributed by atoms with Gasteiger partial charge in [0.1, 0.15) is 0 Å². The number of aliphatic carboxylic acids is 1. The van der Waals surface area contributed by atoms with Gasteiger partial charge in [0.25, 0.3) is 0 Å². The molecule has 0 unspecified atom stereocenters. The predicted octanol–water partition coefficient (Wildman–Crippen LogP) is 4.31. The maximum atomic E-state index is 10.9. The fraction of sp³-hybridized carbons (Fsp3) is 0.143. The summed E-state index contributed by atoms with van der Waals surface area (Å²) in [4.78, 5) is 16.3. The molecule has 1 aromatic carbocycles. The lowest BCUT2D eigenvalue weighted by atomic mass is 10.1. The van der Waals surface area contributed by atoms with Crippen LogP contribution in [0.25, 0.3) is 16.2 Å². The van der Waals surface area contributed by atoms with E-state index in [0.717, 1.165) is 27.6 Å². The number of fused-ring (bicyclic) bond motifs is 1. The number of aromatic nitrogens is 2. The van der Waals surface area contributed by atoms with Gasteiger partial charge in [0, 0.05) is 22.3 Å². The van der Waals surface area contributed by atoms with Crippen LogP contribution in [0.2, 0.25) is 10.0 Å². The monoisotopic (exact) mass is 340 g/mol. The standard InChI is InChI=1S/C14H10Cl2N2O2S/c1-7-13(8-2-3-10(15)11(16)4-8)17-14-18(7)9(6-21-14)5-12(19)20/h2-4,6H,5H2,1H3,(H,19,20). The van der Waals surface area contributed by atoms with E-state index in [4.69, 9.17) is 28.3 Å². The van der Waals surface area contributed by atoms with Crippen molar-refractivity contribution in [1.29, 1.82) is 0 Å². The Hall–Kier alpha value is -1.56. The number of carboxylic acid groups (broad SMARTS) is 1. The number of halogens is 2. The molecule has 3 rings (SSSR count). The Morgan fingerprint density at radius 2 is 2.14 bits per heavy atom. The molecule has 4 nitrogen and oxygen atoms in total. The van der Waals surface area contributed by atoms with Crippen molar-refractivity contribution in [3.63, 3.8) is 0 Å². The van der Waals surface area contributed by atoms with Crippen molar-refractivity contribution in [3.8, 4) is 11.3 Å². The van der Waals surface area contributed by atoms with E-state index < -0.39 is 5.97 Å². The van der Waals surface area contributed by atoms with Gasteiger partial charge in [-0.25, -0.2) is 4.98 Å². The molecule has 0 saturated heterocycles. The fourth-order valence-electron chi connectivity index (χ4n) is 2.26. The smallest absolute Gasteiger partial charge is 0.309 e. The maximum Gasteiger partial charge on any atom is 0.309 e.